The molecule has 3 N–H and O–H groups in total. The molecule has 2 amide bonds. The minimum atomic E-state index is -1.26. The van der Waals surface area contributed by atoms with Crippen LogP contribution in [0.2, 0.25) is 5.02 Å². The van der Waals surface area contributed by atoms with Gasteiger partial charge in [-0.25, -0.2) is 0 Å². The third-order valence-electron chi connectivity index (χ3n) is 5.41. The second-order valence-corrected chi connectivity index (χ2v) is 8.53. The molecule has 0 spiro atoms. The number of benzene rings is 3. The van der Waals surface area contributed by atoms with Gasteiger partial charge in [0.2, 0.25) is 11.8 Å². The van der Waals surface area contributed by atoms with Gasteiger partial charge in [-0.05, 0) is 42.3 Å². The summed E-state index contributed by atoms with van der Waals surface area (Å²) in [6.07, 6.45) is -0.763. The topological polar surface area (TPSA) is 113 Å². The van der Waals surface area contributed by atoms with Crippen LogP contribution in [0.15, 0.2) is 78.9 Å². The molecule has 3 aromatic carbocycles. The molecule has 35 heavy (non-hydrogen) atoms. The fraction of sp³-hybridized carbons (Fsp3) is 0.185. The maximum absolute atomic E-state index is 12.7. The highest BCUT2D eigenvalue weighted by Crippen LogP contribution is 2.21. The van der Waals surface area contributed by atoms with Crippen LogP contribution in [0.5, 0.6) is 0 Å². The first kappa shape index (κ1) is 25.6. The standard InChI is InChI=1S/C27H25ClN2O5/c1-17(26(33)30-23-13-11-22(28)12-14-23)29-25(32)16-21(27(34)35)15-24(31)20-9-7-19(8-10-20)18-5-3-2-4-6-18/h2-14,17,21H,15-16H2,1H3,(H,29,32)(H,30,33)(H,34,35)/t17-,21?/m0/s1. The molecule has 0 saturated carbocycles. The molecule has 0 radical (unpaired) electrons. The quantitative estimate of drug-likeness (QED) is 0.351. The van der Waals surface area contributed by atoms with E-state index >= 15 is 0 Å². The number of aliphatic carboxylic acids is 1. The molecule has 2 atom stereocenters. The SMILES string of the molecule is C[C@H](NC(=O)CC(CC(=O)c1ccc(-c2ccccc2)cc1)C(=O)O)C(=O)Nc1ccc(Cl)cc1. The van der Waals surface area contributed by atoms with Crippen molar-refractivity contribution in [1.82, 2.24) is 5.32 Å². The van der Waals surface area contributed by atoms with Crippen molar-refractivity contribution in [1.29, 1.82) is 0 Å². The molecule has 0 fully saturated rings. The summed E-state index contributed by atoms with van der Waals surface area (Å²) >= 11 is 5.82. The molecule has 0 aliphatic rings. The average molecular weight is 493 g/mol. The van der Waals surface area contributed by atoms with E-state index in [0.717, 1.165) is 11.1 Å². The zero-order chi connectivity index (χ0) is 25.4. The number of hydrogen-bond donors (Lipinski definition) is 3. The summed E-state index contributed by atoms with van der Waals surface area (Å²) < 4.78 is 0. The van der Waals surface area contributed by atoms with E-state index in [4.69, 9.17) is 11.6 Å². The summed E-state index contributed by atoms with van der Waals surface area (Å²) in [5, 5.41) is 15.2. The molecule has 180 valence electrons. The van der Waals surface area contributed by atoms with E-state index in [1.807, 2.05) is 30.3 Å². The lowest BCUT2D eigenvalue weighted by molar-refractivity contribution is -0.144. The van der Waals surface area contributed by atoms with Crippen molar-refractivity contribution < 1.29 is 24.3 Å². The van der Waals surface area contributed by atoms with Crippen molar-refractivity contribution in [2.75, 3.05) is 5.32 Å². The van der Waals surface area contributed by atoms with E-state index in [1.54, 1.807) is 48.5 Å². The highest BCUT2D eigenvalue weighted by Gasteiger charge is 2.26. The van der Waals surface area contributed by atoms with Crippen molar-refractivity contribution in [3.63, 3.8) is 0 Å². The lowest BCUT2D eigenvalue weighted by Crippen LogP contribution is -2.42. The van der Waals surface area contributed by atoms with Crippen molar-refractivity contribution >= 4 is 40.9 Å². The molecule has 0 bridgehead atoms. The van der Waals surface area contributed by atoms with Gasteiger partial charge < -0.3 is 15.7 Å². The minimum absolute atomic E-state index is 0.335. The molecule has 0 saturated heterocycles. The molecule has 0 heterocycles. The third kappa shape index (κ3) is 7.52. The molecule has 0 aliphatic heterocycles. The Morgan fingerprint density at radius 3 is 2.03 bits per heavy atom. The van der Waals surface area contributed by atoms with E-state index in [-0.39, 0.29) is 12.2 Å². The maximum atomic E-state index is 12.7. The number of amides is 2. The average Bonchev–Trinajstić information content (AvgIpc) is 2.85. The molecular formula is C27H25ClN2O5. The number of nitrogens with one attached hydrogen (secondary N) is 2. The predicted octanol–water partition coefficient (Wildman–Crippen LogP) is 4.81. The largest absolute Gasteiger partial charge is 0.481 e. The van der Waals surface area contributed by atoms with Crippen LogP contribution in [0.4, 0.5) is 5.69 Å². The third-order valence-corrected chi connectivity index (χ3v) is 5.66. The number of carboxylic acid groups (broad SMARTS) is 1. The van der Waals surface area contributed by atoms with E-state index in [0.29, 0.717) is 16.3 Å². The molecule has 1 unspecified atom stereocenters. The number of carbonyl (C=O) groups is 4. The fourth-order valence-electron chi connectivity index (χ4n) is 3.44. The van der Waals surface area contributed by atoms with Gasteiger partial charge in [0.05, 0.1) is 5.92 Å². The van der Waals surface area contributed by atoms with Gasteiger partial charge in [0.25, 0.3) is 0 Å². The van der Waals surface area contributed by atoms with Gasteiger partial charge in [0.1, 0.15) is 6.04 Å². The first-order valence-corrected chi connectivity index (χ1v) is 11.4. The van der Waals surface area contributed by atoms with E-state index in [9.17, 15) is 24.3 Å². The Labute approximate surface area is 208 Å². The highest BCUT2D eigenvalue weighted by atomic mass is 35.5. The Hall–Kier alpha value is -3.97. The number of carboxylic acids is 1. The number of ketones is 1. The molecule has 8 heteroatoms. The van der Waals surface area contributed by atoms with Gasteiger partial charge in [-0.3, -0.25) is 19.2 Å². The smallest absolute Gasteiger partial charge is 0.307 e. The molecule has 3 aromatic rings. The Morgan fingerprint density at radius 2 is 1.43 bits per heavy atom. The zero-order valence-electron chi connectivity index (χ0n) is 19.0. The molecule has 0 aliphatic carbocycles. The van der Waals surface area contributed by atoms with Crippen LogP contribution < -0.4 is 10.6 Å². The normalized spacial score (nSPS) is 12.3. The summed E-state index contributed by atoms with van der Waals surface area (Å²) in [6, 6.07) is 22.1. The lowest BCUT2D eigenvalue weighted by atomic mass is 9.94. The second kappa shape index (κ2) is 11.9. The number of rotatable bonds is 10. The summed E-state index contributed by atoms with van der Waals surface area (Å²) in [6.45, 7) is 1.48. The number of Topliss-reactive ketones (excluding diaryl/α,β-unsaturated/α-hetero) is 1. The lowest BCUT2D eigenvalue weighted by Gasteiger charge is -2.16. The number of hydrogen-bond acceptors (Lipinski definition) is 4. The van der Waals surface area contributed by atoms with Crippen LogP contribution in [0.1, 0.15) is 30.1 Å². The fourth-order valence-corrected chi connectivity index (χ4v) is 3.57. The van der Waals surface area contributed by atoms with Crippen molar-refractivity contribution in [3.05, 3.63) is 89.4 Å². The Bertz CT molecular complexity index is 1190. The van der Waals surface area contributed by atoms with Gasteiger partial charge in [0, 0.05) is 29.1 Å². The minimum Gasteiger partial charge on any atom is -0.481 e. The van der Waals surface area contributed by atoms with E-state index in [1.165, 1.54) is 6.92 Å². The highest BCUT2D eigenvalue weighted by molar-refractivity contribution is 6.30. The Morgan fingerprint density at radius 1 is 0.829 bits per heavy atom. The second-order valence-electron chi connectivity index (χ2n) is 8.10. The first-order chi connectivity index (χ1) is 16.7. The number of anilines is 1. The van der Waals surface area contributed by atoms with Crippen molar-refractivity contribution in [2.45, 2.75) is 25.8 Å². The molecular weight excluding hydrogens is 468 g/mol. The molecule has 0 aromatic heterocycles. The number of carbonyl (C=O) groups excluding carboxylic acids is 3. The monoisotopic (exact) mass is 492 g/mol. The van der Waals surface area contributed by atoms with Gasteiger partial charge >= 0.3 is 5.97 Å². The van der Waals surface area contributed by atoms with Crippen molar-refractivity contribution in [3.8, 4) is 11.1 Å². The van der Waals surface area contributed by atoms with Crippen LogP contribution in [-0.2, 0) is 14.4 Å². The van der Waals surface area contributed by atoms with Gasteiger partial charge in [-0.2, -0.15) is 0 Å². The predicted molar refractivity (Wildman–Crippen MR) is 134 cm³/mol. The maximum Gasteiger partial charge on any atom is 0.307 e. The van der Waals surface area contributed by atoms with Crippen molar-refractivity contribution in [2.24, 2.45) is 5.92 Å². The van der Waals surface area contributed by atoms with Crippen LogP contribution in [0.25, 0.3) is 11.1 Å². The summed E-state index contributed by atoms with van der Waals surface area (Å²) in [5.74, 6) is -3.96. The van der Waals surface area contributed by atoms with Crippen LogP contribution >= 0.6 is 11.6 Å². The van der Waals surface area contributed by atoms with Crippen LogP contribution in [0.3, 0.4) is 0 Å². The van der Waals surface area contributed by atoms with Gasteiger partial charge in [-0.1, -0.05) is 66.2 Å². The summed E-state index contributed by atoms with van der Waals surface area (Å²) in [4.78, 5) is 49.1. The Kier molecular flexibility index (Phi) is 8.75. The summed E-state index contributed by atoms with van der Waals surface area (Å²) in [7, 11) is 0. The first-order valence-electron chi connectivity index (χ1n) is 11.0. The van der Waals surface area contributed by atoms with E-state index in [2.05, 4.69) is 10.6 Å². The van der Waals surface area contributed by atoms with Crippen LogP contribution in [-0.4, -0.2) is 34.7 Å². The Balaban J connectivity index is 1.55. The van der Waals surface area contributed by atoms with E-state index < -0.39 is 36.2 Å². The zero-order valence-corrected chi connectivity index (χ0v) is 19.8. The number of halogens is 1. The summed E-state index contributed by atoms with van der Waals surface area (Å²) in [5.41, 5.74) is 2.81. The van der Waals surface area contributed by atoms with Gasteiger partial charge in [-0.15, -0.1) is 0 Å². The van der Waals surface area contributed by atoms with Crippen LogP contribution in [0, 0.1) is 5.92 Å². The van der Waals surface area contributed by atoms with Gasteiger partial charge in [0.15, 0.2) is 5.78 Å². The molecule has 3 rings (SSSR count). The molecule has 7 nitrogen and oxygen atoms in total.